The van der Waals surface area contributed by atoms with Crippen LogP contribution >= 0.6 is 15.9 Å². The van der Waals surface area contributed by atoms with Crippen molar-refractivity contribution in [2.75, 3.05) is 13.6 Å². The topological polar surface area (TPSA) is 23.5 Å². The fourth-order valence-electron chi connectivity index (χ4n) is 1.39. The van der Waals surface area contributed by atoms with Crippen LogP contribution in [0.25, 0.3) is 0 Å². The Kier molecular flexibility index (Phi) is 5.12. The van der Waals surface area contributed by atoms with Gasteiger partial charge in [0.25, 0.3) is 0 Å². The van der Waals surface area contributed by atoms with Gasteiger partial charge in [0.2, 0.25) is 0 Å². The summed E-state index contributed by atoms with van der Waals surface area (Å²) in [4.78, 5) is 2.85. The zero-order valence-electron chi connectivity index (χ0n) is 9.28. The van der Waals surface area contributed by atoms with E-state index in [1.807, 2.05) is 12.1 Å². The van der Waals surface area contributed by atoms with Gasteiger partial charge in [-0.15, -0.1) is 0 Å². The summed E-state index contributed by atoms with van der Waals surface area (Å²) in [5.41, 5.74) is 1.23. The lowest BCUT2D eigenvalue weighted by atomic mass is 10.2. The summed E-state index contributed by atoms with van der Waals surface area (Å²) < 4.78 is 0. The Bertz CT molecular complexity index is 284. The molecule has 0 bridgehead atoms. The summed E-state index contributed by atoms with van der Waals surface area (Å²) in [5, 5.41) is 9.15. The Labute approximate surface area is 100 Å². The standard InChI is InChI=1S/C12H18BrNO/c1-10(13)7-8-14(2)9-11-3-5-12(15)6-4-11/h3-6,10,15H,7-9H2,1-2H3. The molecule has 0 aliphatic heterocycles. The first-order valence-corrected chi connectivity index (χ1v) is 6.10. The summed E-state index contributed by atoms with van der Waals surface area (Å²) in [6.45, 7) is 4.17. The zero-order valence-corrected chi connectivity index (χ0v) is 10.9. The molecule has 84 valence electrons. The predicted octanol–water partition coefficient (Wildman–Crippen LogP) is 3.00. The molecule has 0 saturated heterocycles. The van der Waals surface area contributed by atoms with Crippen molar-refractivity contribution in [2.24, 2.45) is 0 Å². The van der Waals surface area contributed by atoms with Crippen molar-refractivity contribution in [3.05, 3.63) is 29.8 Å². The maximum absolute atomic E-state index is 9.15. The van der Waals surface area contributed by atoms with Gasteiger partial charge >= 0.3 is 0 Å². The van der Waals surface area contributed by atoms with Crippen LogP contribution in [0.3, 0.4) is 0 Å². The second kappa shape index (κ2) is 6.13. The van der Waals surface area contributed by atoms with Gasteiger partial charge in [-0.05, 0) is 37.7 Å². The first-order chi connectivity index (χ1) is 7.08. The Hall–Kier alpha value is -0.540. The quantitative estimate of drug-likeness (QED) is 0.833. The van der Waals surface area contributed by atoms with E-state index >= 15 is 0 Å². The highest BCUT2D eigenvalue weighted by Gasteiger charge is 2.02. The number of rotatable bonds is 5. The summed E-state index contributed by atoms with van der Waals surface area (Å²) in [6.07, 6.45) is 1.15. The molecule has 0 fully saturated rings. The van der Waals surface area contributed by atoms with Gasteiger partial charge in [-0.1, -0.05) is 35.0 Å². The molecule has 0 aromatic heterocycles. The van der Waals surface area contributed by atoms with Gasteiger partial charge in [-0.3, -0.25) is 0 Å². The molecule has 1 atom stereocenters. The molecule has 0 heterocycles. The van der Waals surface area contributed by atoms with E-state index in [-0.39, 0.29) is 0 Å². The van der Waals surface area contributed by atoms with Gasteiger partial charge in [-0.25, -0.2) is 0 Å². The largest absolute Gasteiger partial charge is 0.508 e. The average molecular weight is 272 g/mol. The molecule has 3 heteroatoms. The Balaban J connectivity index is 2.37. The highest BCUT2D eigenvalue weighted by molar-refractivity contribution is 9.09. The van der Waals surface area contributed by atoms with Crippen LogP contribution in [0.5, 0.6) is 5.75 Å². The van der Waals surface area contributed by atoms with Gasteiger partial charge < -0.3 is 10.0 Å². The minimum atomic E-state index is 0.329. The maximum Gasteiger partial charge on any atom is 0.115 e. The monoisotopic (exact) mass is 271 g/mol. The van der Waals surface area contributed by atoms with Gasteiger partial charge in [0.05, 0.1) is 0 Å². The highest BCUT2D eigenvalue weighted by atomic mass is 79.9. The lowest BCUT2D eigenvalue weighted by Gasteiger charge is -2.17. The molecule has 0 aliphatic carbocycles. The highest BCUT2D eigenvalue weighted by Crippen LogP contribution is 2.12. The number of halogens is 1. The summed E-state index contributed by atoms with van der Waals surface area (Å²) in [7, 11) is 2.11. The summed E-state index contributed by atoms with van der Waals surface area (Å²) in [5.74, 6) is 0.329. The van der Waals surface area contributed by atoms with Crippen LogP contribution in [0.1, 0.15) is 18.9 Å². The van der Waals surface area contributed by atoms with Crippen LogP contribution in [-0.4, -0.2) is 28.4 Å². The molecule has 0 amide bonds. The third-order valence-corrected chi connectivity index (χ3v) is 2.76. The molecular weight excluding hydrogens is 254 g/mol. The predicted molar refractivity (Wildman–Crippen MR) is 67.4 cm³/mol. The lowest BCUT2D eigenvalue weighted by molar-refractivity contribution is 0.322. The molecule has 0 radical (unpaired) electrons. The first-order valence-electron chi connectivity index (χ1n) is 5.18. The number of hydrogen-bond donors (Lipinski definition) is 1. The van der Waals surface area contributed by atoms with E-state index in [0.717, 1.165) is 19.5 Å². The minimum absolute atomic E-state index is 0.329. The normalized spacial score (nSPS) is 13.1. The molecular formula is C12H18BrNO. The van der Waals surface area contributed by atoms with Crippen LogP contribution in [0.2, 0.25) is 0 Å². The van der Waals surface area contributed by atoms with Crippen molar-refractivity contribution in [3.63, 3.8) is 0 Å². The number of phenols is 1. The van der Waals surface area contributed by atoms with E-state index in [9.17, 15) is 0 Å². The van der Waals surface area contributed by atoms with Gasteiger partial charge in [0.15, 0.2) is 0 Å². The van der Waals surface area contributed by atoms with Crippen LogP contribution in [0, 0.1) is 0 Å². The van der Waals surface area contributed by atoms with Crippen LogP contribution in [0.4, 0.5) is 0 Å². The minimum Gasteiger partial charge on any atom is -0.508 e. The SMILES string of the molecule is CC(Br)CCN(C)Cc1ccc(O)cc1. The van der Waals surface area contributed by atoms with E-state index < -0.39 is 0 Å². The van der Waals surface area contributed by atoms with Gasteiger partial charge in [0.1, 0.15) is 5.75 Å². The fourth-order valence-corrected chi connectivity index (χ4v) is 1.60. The number of hydrogen-bond acceptors (Lipinski definition) is 2. The van der Waals surface area contributed by atoms with Crippen molar-refractivity contribution in [2.45, 2.75) is 24.7 Å². The van der Waals surface area contributed by atoms with Crippen LogP contribution in [0.15, 0.2) is 24.3 Å². The second-order valence-electron chi connectivity index (χ2n) is 3.97. The van der Waals surface area contributed by atoms with Gasteiger partial charge in [0, 0.05) is 11.4 Å². The molecule has 1 rings (SSSR count). The van der Waals surface area contributed by atoms with E-state index in [4.69, 9.17) is 5.11 Å². The van der Waals surface area contributed by atoms with E-state index in [0.29, 0.717) is 10.6 Å². The third kappa shape index (κ3) is 5.19. The average Bonchev–Trinajstić information content (AvgIpc) is 2.19. The van der Waals surface area contributed by atoms with Gasteiger partial charge in [-0.2, -0.15) is 0 Å². The molecule has 15 heavy (non-hydrogen) atoms. The second-order valence-corrected chi connectivity index (χ2v) is 5.54. The van der Waals surface area contributed by atoms with E-state index in [1.165, 1.54) is 5.56 Å². The van der Waals surface area contributed by atoms with Crippen molar-refractivity contribution in [3.8, 4) is 5.75 Å². The smallest absolute Gasteiger partial charge is 0.115 e. The Morgan fingerprint density at radius 1 is 1.33 bits per heavy atom. The molecule has 0 saturated carbocycles. The lowest BCUT2D eigenvalue weighted by Crippen LogP contribution is -2.20. The number of phenolic OH excluding ortho intramolecular Hbond substituents is 1. The number of benzene rings is 1. The molecule has 1 N–H and O–H groups in total. The number of alkyl halides is 1. The molecule has 0 aliphatic rings. The van der Waals surface area contributed by atoms with Crippen LogP contribution < -0.4 is 0 Å². The third-order valence-electron chi connectivity index (χ3n) is 2.30. The first kappa shape index (κ1) is 12.5. The van der Waals surface area contributed by atoms with Crippen LogP contribution in [-0.2, 0) is 6.54 Å². The molecule has 0 spiro atoms. The molecule has 1 aromatic rings. The van der Waals surface area contributed by atoms with E-state index in [1.54, 1.807) is 12.1 Å². The van der Waals surface area contributed by atoms with Crippen molar-refractivity contribution < 1.29 is 5.11 Å². The molecule has 2 nitrogen and oxygen atoms in total. The maximum atomic E-state index is 9.15. The van der Waals surface area contributed by atoms with Crippen molar-refractivity contribution >= 4 is 15.9 Å². The zero-order chi connectivity index (χ0) is 11.3. The van der Waals surface area contributed by atoms with Crippen molar-refractivity contribution in [1.82, 2.24) is 4.90 Å². The Morgan fingerprint density at radius 3 is 2.47 bits per heavy atom. The number of nitrogens with zero attached hydrogens (tertiary/aromatic N) is 1. The fraction of sp³-hybridized carbons (Fsp3) is 0.500. The van der Waals surface area contributed by atoms with E-state index in [2.05, 4.69) is 34.8 Å². The summed E-state index contributed by atoms with van der Waals surface area (Å²) in [6, 6.07) is 7.39. The molecule has 1 aromatic carbocycles. The number of aromatic hydroxyl groups is 1. The molecule has 1 unspecified atom stereocenters. The van der Waals surface area contributed by atoms with Crippen molar-refractivity contribution in [1.29, 1.82) is 0 Å². The summed E-state index contributed by atoms with van der Waals surface area (Å²) >= 11 is 3.54. The Morgan fingerprint density at radius 2 is 1.93 bits per heavy atom.